The van der Waals surface area contributed by atoms with Gasteiger partial charge in [-0.1, -0.05) is 6.07 Å². The van der Waals surface area contributed by atoms with E-state index in [1.165, 1.54) is 4.88 Å². The number of piperazine rings is 1. The Hall–Kier alpha value is -1.40. The number of aromatic nitrogens is 3. The lowest BCUT2D eigenvalue weighted by Crippen LogP contribution is -2.44. The van der Waals surface area contributed by atoms with Gasteiger partial charge < -0.3 is 14.8 Å². The van der Waals surface area contributed by atoms with Crippen LogP contribution >= 0.6 is 11.3 Å². The number of thiophene rings is 1. The quantitative estimate of drug-likeness (QED) is 0.908. The monoisotopic (exact) mass is 277 g/mol. The molecule has 3 rings (SSSR count). The minimum absolute atomic E-state index is 0.954. The summed E-state index contributed by atoms with van der Waals surface area (Å²) in [5, 5.41) is 14.2. The van der Waals surface area contributed by atoms with E-state index in [1.807, 2.05) is 0 Å². The maximum Gasteiger partial charge on any atom is 0.227 e. The van der Waals surface area contributed by atoms with Gasteiger partial charge in [-0.05, 0) is 17.9 Å². The minimum Gasteiger partial charge on any atom is -0.338 e. The van der Waals surface area contributed by atoms with E-state index >= 15 is 0 Å². The van der Waals surface area contributed by atoms with Crippen molar-refractivity contribution in [2.75, 3.05) is 31.1 Å². The summed E-state index contributed by atoms with van der Waals surface area (Å²) in [5.41, 5.74) is 0. The highest BCUT2D eigenvalue weighted by molar-refractivity contribution is 7.09. The highest BCUT2D eigenvalue weighted by Crippen LogP contribution is 2.15. The summed E-state index contributed by atoms with van der Waals surface area (Å²) in [6.07, 6.45) is 2.00. The van der Waals surface area contributed by atoms with E-state index in [1.54, 1.807) is 11.3 Å². The molecule has 1 N–H and O–H groups in total. The van der Waals surface area contributed by atoms with Crippen molar-refractivity contribution >= 4 is 17.3 Å². The first kappa shape index (κ1) is 12.6. The van der Waals surface area contributed by atoms with Crippen LogP contribution in [-0.4, -0.2) is 40.9 Å². The van der Waals surface area contributed by atoms with Crippen LogP contribution in [0.1, 0.15) is 10.7 Å². The Morgan fingerprint density at radius 2 is 2.11 bits per heavy atom. The lowest BCUT2D eigenvalue weighted by Gasteiger charge is -2.27. The van der Waals surface area contributed by atoms with E-state index in [4.69, 9.17) is 0 Å². The third-order valence-corrected chi connectivity index (χ3v) is 4.45. The second-order valence-corrected chi connectivity index (χ2v) is 5.82. The molecule has 6 heteroatoms. The first-order valence-corrected chi connectivity index (χ1v) is 7.59. The van der Waals surface area contributed by atoms with Gasteiger partial charge >= 0.3 is 0 Å². The molecule has 5 nitrogen and oxygen atoms in total. The molecule has 3 heterocycles. The number of aryl methyl sites for hydroxylation is 2. The maximum absolute atomic E-state index is 4.35. The first-order valence-electron chi connectivity index (χ1n) is 6.71. The summed E-state index contributed by atoms with van der Waals surface area (Å²) < 4.78 is 2.14. The van der Waals surface area contributed by atoms with Crippen LogP contribution < -0.4 is 10.2 Å². The van der Waals surface area contributed by atoms with Gasteiger partial charge in [0.05, 0.1) is 0 Å². The largest absolute Gasteiger partial charge is 0.338 e. The molecule has 1 aliphatic heterocycles. The molecule has 1 fully saturated rings. The fourth-order valence-electron chi connectivity index (χ4n) is 2.40. The summed E-state index contributed by atoms with van der Waals surface area (Å²) in [6.45, 7) is 4.07. The molecule has 0 saturated carbocycles. The summed E-state index contributed by atoms with van der Waals surface area (Å²) in [4.78, 5) is 3.71. The molecular formula is C13H19N5S. The SMILES string of the molecule is Cn1c(CCc2cccs2)nnc1N1CCNCC1. The van der Waals surface area contributed by atoms with Gasteiger partial charge in [0.15, 0.2) is 0 Å². The lowest BCUT2D eigenvalue weighted by atomic mass is 10.2. The van der Waals surface area contributed by atoms with E-state index in [0.717, 1.165) is 50.8 Å². The van der Waals surface area contributed by atoms with Crippen molar-refractivity contribution in [2.24, 2.45) is 7.05 Å². The first-order chi connectivity index (χ1) is 9.34. The number of nitrogens with zero attached hydrogens (tertiary/aromatic N) is 4. The van der Waals surface area contributed by atoms with Gasteiger partial charge in [0, 0.05) is 44.5 Å². The number of hydrogen-bond acceptors (Lipinski definition) is 5. The Bertz CT molecular complexity index is 513. The molecule has 102 valence electrons. The van der Waals surface area contributed by atoms with Gasteiger partial charge in [-0.15, -0.1) is 21.5 Å². The number of nitrogens with one attached hydrogen (secondary N) is 1. The fraction of sp³-hybridized carbons (Fsp3) is 0.538. The van der Waals surface area contributed by atoms with Gasteiger partial charge in [-0.2, -0.15) is 0 Å². The van der Waals surface area contributed by atoms with E-state index in [0.29, 0.717) is 0 Å². The summed E-state index contributed by atoms with van der Waals surface area (Å²) in [5.74, 6) is 2.07. The average Bonchev–Trinajstić information content (AvgIpc) is 3.07. The van der Waals surface area contributed by atoms with E-state index in [2.05, 4.69) is 49.5 Å². The Labute approximate surface area is 117 Å². The smallest absolute Gasteiger partial charge is 0.227 e. The third kappa shape index (κ3) is 2.79. The van der Waals surface area contributed by atoms with Gasteiger partial charge in [0.1, 0.15) is 5.82 Å². The predicted octanol–water partition coefficient (Wildman–Crippen LogP) is 1.07. The second-order valence-electron chi connectivity index (χ2n) is 4.79. The van der Waals surface area contributed by atoms with Gasteiger partial charge in [-0.3, -0.25) is 0 Å². The standard InChI is InChI=1S/C13H19N5S/c1-17-12(5-4-11-3-2-10-19-11)15-16-13(17)18-8-6-14-7-9-18/h2-3,10,14H,4-9H2,1H3. The van der Waals surface area contributed by atoms with E-state index < -0.39 is 0 Å². The topological polar surface area (TPSA) is 46.0 Å². The third-order valence-electron chi connectivity index (χ3n) is 3.52. The molecule has 2 aromatic heterocycles. The van der Waals surface area contributed by atoms with Gasteiger partial charge in [0.2, 0.25) is 5.95 Å². The minimum atomic E-state index is 0.954. The van der Waals surface area contributed by atoms with Crippen molar-refractivity contribution in [1.29, 1.82) is 0 Å². The summed E-state index contributed by atoms with van der Waals surface area (Å²) in [6, 6.07) is 4.28. The zero-order chi connectivity index (χ0) is 13.1. The Balaban J connectivity index is 1.67. The molecule has 0 atom stereocenters. The normalized spacial score (nSPS) is 15.9. The number of anilines is 1. The molecule has 0 unspecified atom stereocenters. The van der Waals surface area contributed by atoms with Crippen LogP contribution in [0.25, 0.3) is 0 Å². The second kappa shape index (κ2) is 5.71. The molecule has 0 aliphatic carbocycles. The van der Waals surface area contributed by atoms with Crippen LogP contribution in [0.3, 0.4) is 0 Å². The molecule has 1 saturated heterocycles. The van der Waals surface area contributed by atoms with Crippen LogP contribution in [0.2, 0.25) is 0 Å². The van der Waals surface area contributed by atoms with Crippen molar-refractivity contribution in [2.45, 2.75) is 12.8 Å². The zero-order valence-electron chi connectivity index (χ0n) is 11.2. The zero-order valence-corrected chi connectivity index (χ0v) is 12.0. The van der Waals surface area contributed by atoms with Crippen LogP contribution in [0.15, 0.2) is 17.5 Å². The molecular weight excluding hydrogens is 258 g/mol. The van der Waals surface area contributed by atoms with Crippen molar-refractivity contribution in [3.63, 3.8) is 0 Å². The van der Waals surface area contributed by atoms with Crippen LogP contribution in [0.5, 0.6) is 0 Å². The van der Waals surface area contributed by atoms with Crippen LogP contribution in [-0.2, 0) is 19.9 Å². The Kier molecular flexibility index (Phi) is 3.79. The molecule has 0 amide bonds. The molecule has 0 aromatic carbocycles. The summed E-state index contributed by atoms with van der Waals surface area (Å²) >= 11 is 1.81. The lowest BCUT2D eigenvalue weighted by molar-refractivity contribution is 0.572. The molecule has 0 bridgehead atoms. The molecule has 0 spiro atoms. The average molecular weight is 277 g/mol. The van der Waals surface area contributed by atoms with Crippen molar-refractivity contribution in [3.05, 3.63) is 28.2 Å². The van der Waals surface area contributed by atoms with Crippen LogP contribution in [0.4, 0.5) is 5.95 Å². The summed E-state index contributed by atoms with van der Waals surface area (Å²) in [7, 11) is 2.07. The maximum atomic E-state index is 4.35. The number of rotatable bonds is 4. The molecule has 0 radical (unpaired) electrons. The highest BCUT2D eigenvalue weighted by Gasteiger charge is 2.17. The van der Waals surface area contributed by atoms with Gasteiger partial charge in [-0.25, -0.2) is 0 Å². The van der Waals surface area contributed by atoms with Crippen LogP contribution in [0, 0.1) is 0 Å². The Morgan fingerprint density at radius 1 is 1.26 bits per heavy atom. The van der Waals surface area contributed by atoms with Crippen molar-refractivity contribution < 1.29 is 0 Å². The van der Waals surface area contributed by atoms with E-state index in [-0.39, 0.29) is 0 Å². The highest BCUT2D eigenvalue weighted by atomic mass is 32.1. The van der Waals surface area contributed by atoms with Crippen molar-refractivity contribution in [1.82, 2.24) is 20.1 Å². The van der Waals surface area contributed by atoms with Gasteiger partial charge in [0.25, 0.3) is 0 Å². The molecule has 19 heavy (non-hydrogen) atoms. The molecule has 1 aliphatic rings. The van der Waals surface area contributed by atoms with E-state index in [9.17, 15) is 0 Å². The predicted molar refractivity (Wildman–Crippen MR) is 77.8 cm³/mol. The molecule has 2 aromatic rings. The van der Waals surface area contributed by atoms with Crippen molar-refractivity contribution in [3.8, 4) is 0 Å². The fourth-order valence-corrected chi connectivity index (χ4v) is 3.11. The number of hydrogen-bond donors (Lipinski definition) is 1. The Morgan fingerprint density at radius 3 is 2.84 bits per heavy atom.